The number of phenolic OH excluding ortho intramolecular Hbond substituents is 1. The van der Waals surface area contributed by atoms with Crippen LogP contribution >= 0.6 is 11.6 Å². The number of primary amides is 1. The highest BCUT2D eigenvalue weighted by Crippen LogP contribution is 2.54. The molecule has 10 nitrogen and oxygen atoms in total. The average Bonchev–Trinajstić information content (AvgIpc) is 3.26. The number of anilines is 1. The fraction of sp³-hybridized carbons (Fsp3) is 0.393. The molecule has 5 rings (SSSR count). The normalized spacial score (nSPS) is 28.2. The Kier molecular flexibility index (Phi) is 6.21. The second-order valence-corrected chi connectivity index (χ2v) is 11.5. The lowest BCUT2D eigenvalue weighted by atomic mass is 9.57. The number of carbonyl (C=O) groups is 3. The summed E-state index contributed by atoms with van der Waals surface area (Å²) in [7, 11) is 6.77. The first-order chi connectivity index (χ1) is 18.2. The Hall–Kier alpha value is -3.60. The lowest BCUT2D eigenvalue weighted by molar-refractivity contribution is -0.153. The van der Waals surface area contributed by atoms with E-state index in [4.69, 9.17) is 17.3 Å². The van der Waals surface area contributed by atoms with Gasteiger partial charge in [-0.1, -0.05) is 17.7 Å². The van der Waals surface area contributed by atoms with E-state index in [-0.39, 0.29) is 29.7 Å². The Morgan fingerprint density at radius 2 is 1.79 bits per heavy atom. The number of nitrogens with two attached hydrogens (primary N) is 1. The van der Waals surface area contributed by atoms with Gasteiger partial charge < -0.3 is 31.1 Å². The van der Waals surface area contributed by atoms with Gasteiger partial charge in [0, 0.05) is 48.3 Å². The maximum absolute atomic E-state index is 14.0. The predicted octanol–water partition coefficient (Wildman–Crippen LogP) is 1.94. The Labute approximate surface area is 230 Å². The zero-order valence-electron chi connectivity index (χ0n) is 21.9. The molecular weight excluding hydrogens is 526 g/mol. The number of allylic oxidation sites excluding steroid dienone is 4. The zero-order valence-corrected chi connectivity index (χ0v) is 22.7. The molecule has 39 heavy (non-hydrogen) atoms. The highest BCUT2D eigenvalue weighted by Gasteiger charge is 2.64. The van der Waals surface area contributed by atoms with Gasteiger partial charge in [-0.05, 0) is 56.1 Å². The van der Waals surface area contributed by atoms with E-state index in [0.29, 0.717) is 28.3 Å². The van der Waals surface area contributed by atoms with Crippen molar-refractivity contribution in [3.05, 3.63) is 56.8 Å². The number of phenols is 1. The van der Waals surface area contributed by atoms with Crippen LogP contribution in [-0.4, -0.2) is 82.6 Å². The van der Waals surface area contributed by atoms with E-state index in [0.717, 1.165) is 5.57 Å². The first-order valence-electron chi connectivity index (χ1n) is 12.5. The second kappa shape index (κ2) is 8.97. The number of likely N-dealkylation sites (N-methyl/N-ethyl adjacent to an activating group) is 1. The van der Waals surface area contributed by atoms with Crippen LogP contribution in [0.4, 0.5) is 5.69 Å². The Morgan fingerprint density at radius 1 is 1.13 bits per heavy atom. The van der Waals surface area contributed by atoms with Crippen LogP contribution in [0.15, 0.2) is 40.2 Å². The molecule has 0 saturated heterocycles. The molecule has 0 radical (unpaired) electrons. The molecule has 4 aliphatic carbocycles. The van der Waals surface area contributed by atoms with Gasteiger partial charge in [-0.25, -0.2) is 0 Å². The Balaban J connectivity index is 1.75. The molecule has 0 bridgehead atoms. The third-order valence-corrected chi connectivity index (χ3v) is 8.61. The number of aliphatic hydroxyl groups excluding tert-OH is 2. The summed E-state index contributed by atoms with van der Waals surface area (Å²) in [6.07, 6.45) is 4.12. The van der Waals surface area contributed by atoms with Crippen LogP contribution in [0.1, 0.15) is 29.5 Å². The maximum Gasteiger partial charge on any atom is 0.255 e. The summed E-state index contributed by atoms with van der Waals surface area (Å²) in [6.45, 7) is 0. The van der Waals surface area contributed by atoms with Crippen molar-refractivity contribution >= 4 is 46.1 Å². The van der Waals surface area contributed by atoms with Crippen molar-refractivity contribution in [3.63, 3.8) is 0 Å². The minimum absolute atomic E-state index is 0.0336. The van der Waals surface area contributed by atoms with E-state index in [9.17, 15) is 34.8 Å². The number of Topliss-reactive ketones (excluding diaryl/α,β-unsaturated/α-hetero) is 2. The number of carbonyl (C=O) groups excluding carboxylic acids is 3. The molecule has 206 valence electrons. The number of amides is 1. The zero-order chi connectivity index (χ0) is 28.7. The van der Waals surface area contributed by atoms with Crippen molar-refractivity contribution in [2.75, 3.05) is 33.1 Å². The average molecular weight is 556 g/mol. The van der Waals surface area contributed by atoms with Crippen LogP contribution in [0.25, 0.3) is 11.3 Å². The van der Waals surface area contributed by atoms with Crippen LogP contribution in [0.5, 0.6) is 5.75 Å². The molecule has 0 heterocycles. The molecule has 6 N–H and O–H groups in total. The molecule has 1 fully saturated rings. The van der Waals surface area contributed by atoms with E-state index >= 15 is 0 Å². The van der Waals surface area contributed by atoms with Gasteiger partial charge in [0.15, 0.2) is 11.4 Å². The van der Waals surface area contributed by atoms with Gasteiger partial charge in [-0.3, -0.25) is 19.3 Å². The van der Waals surface area contributed by atoms with Crippen molar-refractivity contribution in [2.45, 2.75) is 30.9 Å². The van der Waals surface area contributed by atoms with E-state index in [1.807, 2.05) is 25.1 Å². The summed E-state index contributed by atoms with van der Waals surface area (Å²) >= 11 is 6.16. The fourth-order valence-electron chi connectivity index (χ4n) is 6.61. The van der Waals surface area contributed by atoms with Crippen molar-refractivity contribution < 1.29 is 34.8 Å². The number of aliphatic hydroxyl groups is 3. The fourth-order valence-corrected chi connectivity index (χ4v) is 6.82. The molecule has 4 atom stereocenters. The van der Waals surface area contributed by atoms with Crippen molar-refractivity contribution in [2.24, 2.45) is 17.6 Å². The first kappa shape index (κ1) is 27.0. The highest BCUT2D eigenvalue weighted by atomic mass is 35.5. The van der Waals surface area contributed by atoms with Crippen molar-refractivity contribution in [3.8, 4) is 5.75 Å². The number of hydrogen-bond donors (Lipinski definition) is 5. The predicted molar refractivity (Wildman–Crippen MR) is 145 cm³/mol. The molecule has 4 aliphatic rings. The summed E-state index contributed by atoms with van der Waals surface area (Å²) in [5.74, 6) is -6.73. The molecule has 1 aromatic rings. The number of halogens is 1. The van der Waals surface area contributed by atoms with Crippen LogP contribution in [0.3, 0.4) is 0 Å². The molecule has 0 unspecified atom stereocenters. The summed E-state index contributed by atoms with van der Waals surface area (Å²) in [5.41, 5.74) is 4.20. The van der Waals surface area contributed by atoms with Crippen molar-refractivity contribution in [1.82, 2.24) is 4.90 Å². The number of rotatable bonds is 4. The third kappa shape index (κ3) is 3.65. The SMILES string of the molecule is CN(C)c1cc(C2=CC=C(Cl)C2)c(O)c2c1C[C@@H]1C[C@@H]3[C@@H](N(C)C)C(=O)C(C(N)=O)=C(O)[C@]3(O)C(=O)C1=C2O. The lowest BCUT2D eigenvalue weighted by Crippen LogP contribution is -2.65. The van der Waals surface area contributed by atoms with Crippen LogP contribution in [0.2, 0.25) is 0 Å². The number of aromatic hydroxyl groups is 1. The maximum atomic E-state index is 14.0. The van der Waals surface area contributed by atoms with E-state index in [1.165, 1.54) is 4.90 Å². The van der Waals surface area contributed by atoms with Gasteiger partial charge in [0.1, 0.15) is 22.8 Å². The highest BCUT2D eigenvalue weighted by molar-refractivity contribution is 6.31. The second-order valence-electron chi connectivity index (χ2n) is 11.0. The van der Waals surface area contributed by atoms with Gasteiger partial charge in [0.25, 0.3) is 5.91 Å². The van der Waals surface area contributed by atoms with Crippen LogP contribution < -0.4 is 10.6 Å². The van der Waals surface area contributed by atoms with Gasteiger partial charge in [-0.15, -0.1) is 0 Å². The Bertz CT molecular complexity index is 1490. The lowest BCUT2D eigenvalue weighted by Gasteiger charge is -2.50. The molecule has 0 aliphatic heterocycles. The summed E-state index contributed by atoms with van der Waals surface area (Å²) in [5, 5.41) is 46.3. The standard InChI is InChI=1S/C28H30ClN3O7/c1-31(2)17-10-14(11-5-6-13(29)7-11)22(33)19-15(17)8-12-9-16-21(32(3)4)24(35)20(27(30)38)26(37)28(16,39)25(36)18(12)23(19)34/h5-6,10,12,16,21,33-34,37,39H,7-9H2,1-4H3,(H2,30,38)/t12-,16-,21-,28-/m1/s1. The third-order valence-electron chi connectivity index (χ3n) is 8.35. The quantitative estimate of drug-likeness (QED) is 0.349. The Morgan fingerprint density at radius 3 is 2.33 bits per heavy atom. The molecule has 1 aromatic carbocycles. The largest absolute Gasteiger partial charge is 0.508 e. The summed E-state index contributed by atoms with van der Waals surface area (Å²) in [4.78, 5) is 42.7. The van der Waals surface area contributed by atoms with E-state index in [1.54, 1.807) is 26.2 Å². The van der Waals surface area contributed by atoms with Gasteiger partial charge in [-0.2, -0.15) is 0 Å². The van der Waals surface area contributed by atoms with Gasteiger partial charge in [0.05, 0.1) is 11.6 Å². The molecule has 1 saturated carbocycles. The van der Waals surface area contributed by atoms with Crippen LogP contribution in [0, 0.1) is 11.8 Å². The molecule has 11 heteroatoms. The molecule has 0 spiro atoms. The number of hydrogen-bond acceptors (Lipinski definition) is 9. The number of ketones is 2. The molecule has 0 aromatic heterocycles. The van der Waals surface area contributed by atoms with Gasteiger partial charge in [0.2, 0.25) is 5.78 Å². The van der Waals surface area contributed by atoms with Gasteiger partial charge >= 0.3 is 0 Å². The summed E-state index contributed by atoms with van der Waals surface area (Å²) < 4.78 is 0. The molecular formula is C28H30ClN3O7. The number of nitrogens with zero attached hydrogens (tertiary/aromatic N) is 2. The van der Waals surface area contributed by atoms with E-state index in [2.05, 4.69) is 0 Å². The summed E-state index contributed by atoms with van der Waals surface area (Å²) in [6, 6.07) is 0.682. The number of fused-ring (bicyclic) bond motifs is 3. The monoisotopic (exact) mass is 555 g/mol. The minimum atomic E-state index is -2.67. The van der Waals surface area contributed by atoms with Crippen molar-refractivity contribution in [1.29, 1.82) is 0 Å². The number of benzene rings is 1. The first-order valence-corrected chi connectivity index (χ1v) is 12.9. The molecule has 1 amide bonds. The van der Waals surface area contributed by atoms with E-state index < -0.39 is 58.0 Å². The smallest absolute Gasteiger partial charge is 0.255 e. The topological polar surface area (TPSA) is 165 Å². The van der Waals surface area contributed by atoms with Crippen LogP contribution in [-0.2, 0) is 20.8 Å². The minimum Gasteiger partial charge on any atom is -0.508 e.